The molecule has 0 unspecified atom stereocenters. The Morgan fingerprint density at radius 3 is 2.65 bits per heavy atom. The van der Waals surface area contributed by atoms with Crippen molar-refractivity contribution < 1.29 is 0 Å². The highest BCUT2D eigenvalue weighted by Gasteiger charge is 2.03. The molecule has 86 valence electrons. The third-order valence-corrected chi connectivity index (χ3v) is 3.04. The van der Waals surface area contributed by atoms with Crippen molar-refractivity contribution in [1.29, 1.82) is 0 Å². The van der Waals surface area contributed by atoms with Gasteiger partial charge in [0.1, 0.15) is 0 Å². The minimum Gasteiger partial charge on any atom is -0.0906 e. The minimum absolute atomic E-state index is 1.00. The van der Waals surface area contributed by atoms with E-state index < -0.39 is 0 Å². The van der Waals surface area contributed by atoms with Gasteiger partial charge in [-0.3, -0.25) is 0 Å². The summed E-state index contributed by atoms with van der Waals surface area (Å²) in [7, 11) is 0. The molecule has 1 aliphatic carbocycles. The van der Waals surface area contributed by atoms with E-state index in [0.29, 0.717) is 0 Å². The monoisotopic (exact) mass is 222 g/mol. The smallest absolute Gasteiger partial charge is 0.0163 e. The number of rotatable bonds is 3. The Hall–Kier alpha value is -1.82. The first kappa shape index (κ1) is 11.7. The molecule has 0 saturated carbocycles. The number of allylic oxidation sites excluding steroid dienone is 7. The van der Waals surface area contributed by atoms with Crippen LogP contribution in [0.5, 0.6) is 0 Å². The van der Waals surface area contributed by atoms with Crippen LogP contribution >= 0.6 is 0 Å². The molecule has 1 aliphatic rings. The third kappa shape index (κ3) is 2.85. The van der Waals surface area contributed by atoms with Crippen molar-refractivity contribution >= 4 is 5.57 Å². The van der Waals surface area contributed by atoms with Crippen LogP contribution in [-0.2, 0) is 6.42 Å². The Labute approximate surface area is 104 Å². The van der Waals surface area contributed by atoms with Gasteiger partial charge in [0.15, 0.2) is 0 Å². The number of aryl methyl sites for hydroxylation is 1. The van der Waals surface area contributed by atoms with E-state index in [1.165, 1.54) is 16.7 Å². The first-order valence-corrected chi connectivity index (χ1v) is 6.13. The molecule has 0 heteroatoms. The molecule has 1 aromatic carbocycles. The predicted octanol–water partition coefficient (Wildman–Crippen LogP) is 4.70. The average molecular weight is 222 g/mol. The summed E-state index contributed by atoms with van der Waals surface area (Å²) in [5.74, 6) is 0. The van der Waals surface area contributed by atoms with Crippen molar-refractivity contribution in [2.45, 2.75) is 19.8 Å². The van der Waals surface area contributed by atoms with Gasteiger partial charge in [-0.2, -0.15) is 0 Å². The van der Waals surface area contributed by atoms with Crippen LogP contribution in [0.2, 0.25) is 0 Å². The zero-order chi connectivity index (χ0) is 12.1. The largest absolute Gasteiger partial charge is 0.0906 e. The van der Waals surface area contributed by atoms with Gasteiger partial charge in [0, 0.05) is 0 Å². The number of hydrogen-bond donors (Lipinski definition) is 0. The Kier molecular flexibility index (Phi) is 3.77. The first-order valence-electron chi connectivity index (χ1n) is 6.13. The molecule has 0 aromatic heterocycles. The lowest BCUT2D eigenvalue weighted by molar-refractivity contribution is 1.14. The summed E-state index contributed by atoms with van der Waals surface area (Å²) < 4.78 is 0. The van der Waals surface area contributed by atoms with Crippen LogP contribution in [0.4, 0.5) is 0 Å². The van der Waals surface area contributed by atoms with Gasteiger partial charge in [0.25, 0.3) is 0 Å². The molecule has 0 atom stereocenters. The molecular weight excluding hydrogens is 204 g/mol. The number of hydrogen-bond acceptors (Lipinski definition) is 0. The molecule has 0 saturated heterocycles. The van der Waals surface area contributed by atoms with Gasteiger partial charge in [0.05, 0.1) is 0 Å². The molecule has 2 rings (SSSR count). The lowest BCUT2D eigenvalue weighted by atomic mass is 9.97. The maximum atomic E-state index is 4.19. The van der Waals surface area contributed by atoms with E-state index in [1.807, 2.05) is 0 Å². The van der Waals surface area contributed by atoms with Crippen molar-refractivity contribution in [2.24, 2.45) is 0 Å². The van der Waals surface area contributed by atoms with E-state index >= 15 is 0 Å². The topological polar surface area (TPSA) is 0 Å². The summed E-state index contributed by atoms with van der Waals surface area (Å²) in [5.41, 5.74) is 4.86. The highest BCUT2D eigenvalue weighted by atomic mass is 14.1. The molecule has 1 aromatic rings. The summed E-state index contributed by atoms with van der Waals surface area (Å²) in [6.07, 6.45) is 12.8. The summed E-state index contributed by atoms with van der Waals surface area (Å²) >= 11 is 0. The van der Waals surface area contributed by atoms with Crippen molar-refractivity contribution in [1.82, 2.24) is 0 Å². The van der Waals surface area contributed by atoms with E-state index in [9.17, 15) is 0 Å². The second-order valence-corrected chi connectivity index (χ2v) is 4.22. The van der Waals surface area contributed by atoms with Gasteiger partial charge >= 0.3 is 0 Å². The quantitative estimate of drug-likeness (QED) is 0.695. The van der Waals surface area contributed by atoms with E-state index in [4.69, 9.17) is 0 Å². The average Bonchev–Trinajstić information content (AvgIpc) is 2.67. The SMILES string of the molecule is C=C(C1=CC=CCC=C1)c1ccc(CC)cc1. The van der Waals surface area contributed by atoms with E-state index in [0.717, 1.165) is 18.4 Å². The highest BCUT2D eigenvalue weighted by Crippen LogP contribution is 2.24. The molecule has 0 amide bonds. The minimum atomic E-state index is 1.00. The van der Waals surface area contributed by atoms with Gasteiger partial charge in [-0.25, -0.2) is 0 Å². The van der Waals surface area contributed by atoms with E-state index in [2.05, 4.69) is 68.1 Å². The fourth-order valence-corrected chi connectivity index (χ4v) is 1.89. The van der Waals surface area contributed by atoms with Crippen LogP contribution < -0.4 is 0 Å². The fourth-order valence-electron chi connectivity index (χ4n) is 1.89. The Balaban J connectivity index is 2.24. The zero-order valence-electron chi connectivity index (χ0n) is 10.3. The second-order valence-electron chi connectivity index (χ2n) is 4.22. The predicted molar refractivity (Wildman–Crippen MR) is 75.8 cm³/mol. The van der Waals surface area contributed by atoms with Crippen LogP contribution in [-0.4, -0.2) is 0 Å². The summed E-state index contributed by atoms with van der Waals surface area (Å²) in [4.78, 5) is 0. The van der Waals surface area contributed by atoms with Gasteiger partial charge < -0.3 is 0 Å². The summed E-state index contributed by atoms with van der Waals surface area (Å²) in [5, 5.41) is 0. The van der Waals surface area contributed by atoms with E-state index in [-0.39, 0.29) is 0 Å². The van der Waals surface area contributed by atoms with Crippen molar-refractivity contribution in [3.63, 3.8) is 0 Å². The zero-order valence-corrected chi connectivity index (χ0v) is 10.3. The first-order chi connectivity index (χ1) is 8.31. The van der Waals surface area contributed by atoms with Crippen molar-refractivity contribution in [3.05, 3.63) is 77.9 Å². The van der Waals surface area contributed by atoms with Gasteiger partial charge in [-0.05, 0) is 35.1 Å². The van der Waals surface area contributed by atoms with Gasteiger partial charge in [-0.15, -0.1) is 0 Å². The Morgan fingerprint density at radius 1 is 1.18 bits per heavy atom. The molecule has 0 bridgehead atoms. The van der Waals surface area contributed by atoms with Crippen LogP contribution in [0, 0.1) is 0 Å². The molecular formula is C17H18. The van der Waals surface area contributed by atoms with Crippen LogP contribution in [0.15, 0.2) is 66.8 Å². The summed E-state index contributed by atoms with van der Waals surface area (Å²) in [6.45, 7) is 6.36. The highest BCUT2D eigenvalue weighted by molar-refractivity contribution is 5.80. The number of benzene rings is 1. The van der Waals surface area contributed by atoms with Crippen LogP contribution in [0.3, 0.4) is 0 Å². The van der Waals surface area contributed by atoms with Crippen molar-refractivity contribution in [3.8, 4) is 0 Å². The molecule has 0 aliphatic heterocycles. The molecule has 17 heavy (non-hydrogen) atoms. The molecule has 0 N–H and O–H groups in total. The lowest BCUT2D eigenvalue weighted by Gasteiger charge is -2.07. The normalized spacial score (nSPS) is 14.3. The van der Waals surface area contributed by atoms with Crippen LogP contribution in [0.1, 0.15) is 24.5 Å². The Morgan fingerprint density at radius 2 is 1.94 bits per heavy atom. The standard InChI is InChI=1S/C17H18/c1-3-15-10-12-17(13-11-15)14(2)16-8-6-4-5-7-9-16/h4,6-13H,2-3,5H2,1H3. The van der Waals surface area contributed by atoms with Gasteiger partial charge in [-0.1, -0.05) is 68.1 Å². The molecule has 0 radical (unpaired) electrons. The molecule has 0 heterocycles. The second kappa shape index (κ2) is 5.49. The lowest BCUT2D eigenvalue weighted by Crippen LogP contribution is -1.87. The molecule has 0 spiro atoms. The fraction of sp³-hybridized carbons (Fsp3) is 0.176. The van der Waals surface area contributed by atoms with Crippen LogP contribution in [0.25, 0.3) is 5.57 Å². The van der Waals surface area contributed by atoms with Gasteiger partial charge in [0.2, 0.25) is 0 Å². The Bertz CT molecular complexity index is 481. The molecule has 0 nitrogen and oxygen atoms in total. The third-order valence-electron chi connectivity index (χ3n) is 3.04. The van der Waals surface area contributed by atoms with E-state index in [1.54, 1.807) is 0 Å². The van der Waals surface area contributed by atoms with Crippen molar-refractivity contribution in [2.75, 3.05) is 0 Å². The molecule has 0 fully saturated rings. The summed E-state index contributed by atoms with van der Waals surface area (Å²) in [6, 6.07) is 8.67. The maximum absolute atomic E-state index is 4.19. The maximum Gasteiger partial charge on any atom is -0.0163 e.